The Labute approximate surface area is 205 Å². The van der Waals surface area contributed by atoms with Crippen LogP contribution in [-0.4, -0.2) is 70.0 Å². The molecule has 31 heavy (non-hydrogen) atoms. The van der Waals surface area contributed by atoms with Crippen LogP contribution in [0.4, 0.5) is 0 Å². The highest BCUT2D eigenvalue weighted by molar-refractivity contribution is 14.0. The standard InChI is InChI=1S/C23H40N4O3.HI/c1-7-29-21-10-9-19(15-22(21)30-8-2)18(5)26-23(24-6)25-16-20(17(3)4)27-11-13-28-14-12-27;/h9-10,15,17-18,20H,7-8,11-14,16H2,1-6H3,(H2,24,25,26);1H. The van der Waals surface area contributed by atoms with Gasteiger partial charge in [-0.1, -0.05) is 19.9 Å². The average molecular weight is 549 g/mol. The fourth-order valence-corrected chi connectivity index (χ4v) is 3.72. The van der Waals surface area contributed by atoms with Gasteiger partial charge in [0, 0.05) is 32.7 Å². The van der Waals surface area contributed by atoms with Crippen LogP contribution in [0.25, 0.3) is 0 Å². The highest BCUT2D eigenvalue weighted by Gasteiger charge is 2.24. The van der Waals surface area contributed by atoms with Crippen LogP contribution in [0.2, 0.25) is 0 Å². The van der Waals surface area contributed by atoms with E-state index in [1.54, 1.807) is 0 Å². The van der Waals surface area contributed by atoms with Gasteiger partial charge in [0.05, 0.1) is 32.5 Å². The summed E-state index contributed by atoms with van der Waals surface area (Å²) in [6.45, 7) is 16.3. The first kappa shape index (κ1) is 27.8. The van der Waals surface area contributed by atoms with Crippen molar-refractivity contribution >= 4 is 29.9 Å². The van der Waals surface area contributed by atoms with Crippen molar-refractivity contribution in [2.75, 3.05) is 53.1 Å². The van der Waals surface area contributed by atoms with Gasteiger partial charge in [-0.05, 0) is 44.4 Å². The monoisotopic (exact) mass is 548 g/mol. The molecular weight excluding hydrogens is 507 g/mol. The zero-order valence-corrected chi connectivity index (χ0v) is 22.3. The molecule has 2 unspecified atom stereocenters. The highest BCUT2D eigenvalue weighted by Crippen LogP contribution is 2.30. The molecule has 0 bridgehead atoms. The molecule has 1 aliphatic heterocycles. The number of aliphatic imine (C=N–C) groups is 1. The van der Waals surface area contributed by atoms with Crippen LogP contribution in [-0.2, 0) is 4.74 Å². The third-order valence-corrected chi connectivity index (χ3v) is 5.41. The van der Waals surface area contributed by atoms with Crippen LogP contribution in [0.3, 0.4) is 0 Å². The van der Waals surface area contributed by atoms with E-state index in [2.05, 4.69) is 47.4 Å². The molecule has 1 fully saturated rings. The fourth-order valence-electron chi connectivity index (χ4n) is 3.72. The van der Waals surface area contributed by atoms with E-state index < -0.39 is 0 Å². The molecule has 178 valence electrons. The van der Waals surface area contributed by atoms with Gasteiger partial charge in [-0.25, -0.2) is 0 Å². The number of hydrogen-bond donors (Lipinski definition) is 2. The second-order valence-corrected chi connectivity index (χ2v) is 7.85. The van der Waals surface area contributed by atoms with Crippen molar-refractivity contribution in [3.05, 3.63) is 23.8 Å². The molecule has 0 aromatic heterocycles. The van der Waals surface area contributed by atoms with Crippen molar-refractivity contribution < 1.29 is 14.2 Å². The van der Waals surface area contributed by atoms with E-state index in [0.717, 1.165) is 55.9 Å². The number of hydrogen-bond acceptors (Lipinski definition) is 5. The second-order valence-electron chi connectivity index (χ2n) is 7.85. The van der Waals surface area contributed by atoms with Crippen molar-refractivity contribution in [1.82, 2.24) is 15.5 Å². The van der Waals surface area contributed by atoms with E-state index in [-0.39, 0.29) is 30.0 Å². The molecule has 1 saturated heterocycles. The number of morpholine rings is 1. The summed E-state index contributed by atoms with van der Waals surface area (Å²) in [5, 5.41) is 7.02. The lowest BCUT2D eigenvalue weighted by Crippen LogP contribution is -2.52. The zero-order chi connectivity index (χ0) is 21.9. The summed E-state index contributed by atoms with van der Waals surface area (Å²) >= 11 is 0. The predicted octanol–water partition coefficient (Wildman–Crippen LogP) is 3.68. The summed E-state index contributed by atoms with van der Waals surface area (Å²) in [6.07, 6.45) is 0. The number of halogens is 1. The molecule has 1 aromatic carbocycles. The predicted molar refractivity (Wildman–Crippen MR) is 138 cm³/mol. The Morgan fingerprint density at radius 1 is 1.10 bits per heavy atom. The maximum atomic E-state index is 5.77. The van der Waals surface area contributed by atoms with Crippen LogP contribution in [0.1, 0.15) is 46.2 Å². The number of guanidine groups is 1. The van der Waals surface area contributed by atoms with E-state index in [0.29, 0.717) is 25.2 Å². The number of benzene rings is 1. The molecule has 7 nitrogen and oxygen atoms in total. The van der Waals surface area contributed by atoms with E-state index in [1.807, 2.05) is 33.0 Å². The van der Waals surface area contributed by atoms with Crippen LogP contribution < -0.4 is 20.1 Å². The number of nitrogens with one attached hydrogen (secondary N) is 2. The van der Waals surface area contributed by atoms with Gasteiger partial charge in [0.15, 0.2) is 17.5 Å². The van der Waals surface area contributed by atoms with Gasteiger partial charge in [-0.2, -0.15) is 0 Å². The lowest BCUT2D eigenvalue weighted by molar-refractivity contribution is 0.00751. The number of rotatable bonds is 10. The second kappa shape index (κ2) is 14.7. The Morgan fingerprint density at radius 3 is 2.32 bits per heavy atom. The third-order valence-electron chi connectivity index (χ3n) is 5.41. The Hall–Kier alpha value is -1.26. The van der Waals surface area contributed by atoms with Gasteiger partial charge in [0.25, 0.3) is 0 Å². The van der Waals surface area contributed by atoms with Gasteiger partial charge >= 0.3 is 0 Å². The minimum atomic E-state index is 0. The minimum absolute atomic E-state index is 0. The topological polar surface area (TPSA) is 67.4 Å². The molecule has 0 radical (unpaired) electrons. The van der Waals surface area contributed by atoms with Crippen LogP contribution in [0, 0.1) is 5.92 Å². The minimum Gasteiger partial charge on any atom is -0.490 e. The molecule has 0 saturated carbocycles. The molecule has 2 N–H and O–H groups in total. The Bertz CT molecular complexity index is 666. The maximum Gasteiger partial charge on any atom is 0.191 e. The molecule has 2 rings (SSSR count). The average Bonchev–Trinajstić information content (AvgIpc) is 2.75. The largest absolute Gasteiger partial charge is 0.490 e. The molecule has 0 aliphatic carbocycles. The summed E-state index contributed by atoms with van der Waals surface area (Å²) in [7, 11) is 1.81. The van der Waals surface area contributed by atoms with Crippen LogP contribution >= 0.6 is 24.0 Å². The molecule has 0 spiro atoms. The molecule has 1 heterocycles. The van der Waals surface area contributed by atoms with Crippen molar-refractivity contribution in [2.45, 2.75) is 46.7 Å². The highest BCUT2D eigenvalue weighted by atomic mass is 127. The molecule has 2 atom stereocenters. The Morgan fingerprint density at radius 2 is 1.74 bits per heavy atom. The first-order valence-electron chi connectivity index (χ1n) is 11.2. The fraction of sp³-hybridized carbons (Fsp3) is 0.696. The molecule has 1 aliphatic rings. The van der Waals surface area contributed by atoms with E-state index in [1.165, 1.54) is 0 Å². The normalized spacial score (nSPS) is 16.9. The van der Waals surface area contributed by atoms with E-state index >= 15 is 0 Å². The SMILES string of the molecule is CCOc1ccc(C(C)NC(=NC)NCC(C(C)C)N2CCOCC2)cc1OCC.I. The van der Waals surface area contributed by atoms with E-state index in [4.69, 9.17) is 14.2 Å². The third kappa shape index (κ3) is 8.65. The number of nitrogens with zero attached hydrogens (tertiary/aromatic N) is 2. The molecule has 8 heteroatoms. The van der Waals surface area contributed by atoms with Gasteiger partial charge in [0.2, 0.25) is 0 Å². The van der Waals surface area contributed by atoms with Crippen molar-refractivity contribution in [1.29, 1.82) is 0 Å². The van der Waals surface area contributed by atoms with Gasteiger partial charge in [0.1, 0.15) is 0 Å². The lowest BCUT2D eigenvalue weighted by atomic mass is 10.0. The summed E-state index contributed by atoms with van der Waals surface area (Å²) in [5.74, 6) is 2.91. The Kier molecular flexibility index (Phi) is 13.2. The first-order valence-corrected chi connectivity index (χ1v) is 11.2. The smallest absolute Gasteiger partial charge is 0.191 e. The maximum absolute atomic E-state index is 5.77. The van der Waals surface area contributed by atoms with Gasteiger partial charge < -0.3 is 24.8 Å². The summed E-state index contributed by atoms with van der Waals surface area (Å²) < 4.78 is 17.0. The molecule has 0 amide bonds. The van der Waals surface area contributed by atoms with Crippen molar-refractivity contribution in [3.63, 3.8) is 0 Å². The van der Waals surface area contributed by atoms with Crippen molar-refractivity contribution in [2.24, 2.45) is 10.9 Å². The Balaban J connectivity index is 0.00000480. The summed E-state index contributed by atoms with van der Waals surface area (Å²) in [6, 6.07) is 6.61. The zero-order valence-electron chi connectivity index (χ0n) is 19.9. The van der Waals surface area contributed by atoms with E-state index in [9.17, 15) is 0 Å². The van der Waals surface area contributed by atoms with Crippen LogP contribution in [0.5, 0.6) is 11.5 Å². The number of ether oxygens (including phenoxy) is 3. The summed E-state index contributed by atoms with van der Waals surface area (Å²) in [5.41, 5.74) is 1.12. The van der Waals surface area contributed by atoms with Gasteiger partial charge in [-0.15, -0.1) is 24.0 Å². The quantitative estimate of drug-likeness (QED) is 0.264. The van der Waals surface area contributed by atoms with Crippen molar-refractivity contribution in [3.8, 4) is 11.5 Å². The summed E-state index contributed by atoms with van der Waals surface area (Å²) in [4.78, 5) is 6.94. The van der Waals surface area contributed by atoms with Gasteiger partial charge in [-0.3, -0.25) is 9.89 Å². The lowest BCUT2D eigenvalue weighted by Gasteiger charge is -2.37. The first-order chi connectivity index (χ1) is 14.5. The molecular formula is C23H41IN4O3. The molecule has 1 aromatic rings. The van der Waals surface area contributed by atoms with Crippen LogP contribution in [0.15, 0.2) is 23.2 Å².